The van der Waals surface area contributed by atoms with E-state index in [0.29, 0.717) is 4.74 Å². The molecule has 0 fully saturated rings. The molecule has 0 atom stereocenters. The predicted molar refractivity (Wildman–Crippen MR) is 48.1 cm³/mol. The minimum atomic E-state index is -1.31. The number of hydroxylamine groups is 3. The van der Waals surface area contributed by atoms with Gasteiger partial charge in [-0.2, -0.15) is 4.74 Å². The Morgan fingerprint density at radius 1 is 1.43 bits per heavy atom. The van der Waals surface area contributed by atoms with Crippen molar-refractivity contribution in [3.63, 3.8) is 0 Å². The van der Waals surface area contributed by atoms with Crippen LogP contribution in [0.4, 0.5) is 0 Å². The van der Waals surface area contributed by atoms with Crippen molar-refractivity contribution in [3.05, 3.63) is 5.21 Å². The summed E-state index contributed by atoms with van der Waals surface area (Å²) in [6.45, 7) is 5.88. The van der Waals surface area contributed by atoms with E-state index in [0.717, 1.165) is 5.06 Å². The van der Waals surface area contributed by atoms with Gasteiger partial charge in [-0.3, -0.25) is 0 Å². The largest absolute Gasteiger partial charge is 0.622 e. The number of hydrogen-bond acceptors (Lipinski definition) is 4. The van der Waals surface area contributed by atoms with E-state index in [4.69, 9.17) is 5.11 Å². The fourth-order valence-electron chi connectivity index (χ4n) is 1.74. The van der Waals surface area contributed by atoms with Crippen LogP contribution in [0.5, 0.6) is 0 Å². The quantitative estimate of drug-likeness (QED) is 0.470. The molecule has 0 bridgehead atoms. The van der Waals surface area contributed by atoms with Crippen LogP contribution in [0.2, 0.25) is 0 Å². The van der Waals surface area contributed by atoms with Gasteiger partial charge in [0.2, 0.25) is 5.66 Å². The third kappa shape index (κ3) is 1.11. The molecule has 0 aromatic carbocycles. The fraction of sp³-hybridized carbons (Fsp3) is 0.750. The number of carbonyl (C=O) groups is 1. The number of nitrogens with zero attached hydrogens (tertiary/aromatic N) is 2. The molecule has 1 rings (SSSR count). The van der Waals surface area contributed by atoms with Gasteiger partial charge < -0.3 is 15.5 Å². The smallest absolute Gasteiger partial charge is 0.399 e. The zero-order valence-electron chi connectivity index (χ0n) is 8.61. The molecule has 80 valence electrons. The van der Waals surface area contributed by atoms with E-state index in [1.807, 2.05) is 0 Å². The molecule has 6 heteroatoms. The Bertz CT molecular complexity index is 319. The van der Waals surface area contributed by atoms with Gasteiger partial charge in [0.25, 0.3) is 5.71 Å². The average molecular weight is 202 g/mol. The first-order valence-electron chi connectivity index (χ1n) is 4.20. The monoisotopic (exact) mass is 202 g/mol. The number of rotatable bonds is 1. The van der Waals surface area contributed by atoms with Gasteiger partial charge in [0.05, 0.1) is 0 Å². The summed E-state index contributed by atoms with van der Waals surface area (Å²) in [5.74, 6) is -1.31. The second kappa shape index (κ2) is 2.68. The van der Waals surface area contributed by atoms with Gasteiger partial charge >= 0.3 is 5.97 Å². The van der Waals surface area contributed by atoms with Crippen molar-refractivity contribution in [1.82, 2.24) is 5.06 Å². The van der Waals surface area contributed by atoms with E-state index >= 15 is 0 Å². The van der Waals surface area contributed by atoms with E-state index in [-0.39, 0.29) is 5.71 Å². The van der Waals surface area contributed by atoms with Crippen molar-refractivity contribution in [3.8, 4) is 0 Å². The molecule has 1 aliphatic rings. The molecule has 0 radical (unpaired) electrons. The molecule has 0 aromatic heterocycles. The molecule has 0 spiro atoms. The first-order chi connectivity index (χ1) is 6.13. The van der Waals surface area contributed by atoms with Crippen LogP contribution in [0.3, 0.4) is 0 Å². The first kappa shape index (κ1) is 10.9. The minimum absolute atomic E-state index is 0.329. The van der Waals surface area contributed by atoms with Crippen molar-refractivity contribution in [2.45, 2.75) is 38.9 Å². The van der Waals surface area contributed by atoms with Gasteiger partial charge in [-0.25, -0.2) is 4.79 Å². The van der Waals surface area contributed by atoms with Crippen LogP contribution in [-0.2, 0) is 4.79 Å². The molecule has 0 aliphatic carbocycles. The maximum atomic E-state index is 11.6. The van der Waals surface area contributed by atoms with Gasteiger partial charge in [0, 0.05) is 13.8 Å². The second-order valence-corrected chi connectivity index (χ2v) is 4.31. The van der Waals surface area contributed by atoms with E-state index < -0.39 is 17.2 Å². The Labute approximate surface area is 81.6 Å². The Morgan fingerprint density at radius 2 is 1.86 bits per heavy atom. The van der Waals surface area contributed by atoms with Crippen LogP contribution in [-0.4, -0.2) is 43.0 Å². The summed E-state index contributed by atoms with van der Waals surface area (Å²) in [5, 5.41) is 30.9. The molecule has 6 nitrogen and oxygen atoms in total. The summed E-state index contributed by atoms with van der Waals surface area (Å²) in [5.41, 5.74) is -2.79. The highest BCUT2D eigenvalue weighted by atomic mass is 16.6. The van der Waals surface area contributed by atoms with Gasteiger partial charge in [-0.05, 0) is 13.8 Å². The third-order valence-electron chi connectivity index (χ3n) is 2.53. The Balaban J connectivity index is 3.37. The lowest BCUT2D eigenvalue weighted by Gasteiger charge is -2.29. The molecule has 0 aromatic rings. The average Bonchev–Trinajstić information content (AvgIpc) is 2.10. The second-order valence-electron chi connectivity index (χ2n) is 4.31. The molecule has 1 heterocycles. The zero-order valence-corrected chi connectivity index (χ0v) is 8.61. The molecule has 0 unspecified atom stereocenters. The van der Waals surface area contributed by atoms with Crippen LogP contribution in [0.15, 0.2) is 0 Å². The van der Waals surface area contributed by atoms with Crippen LogP contribution >= 0.6 is 0 Å². The molecule has 0 saturated heterocycles. The maximum absolute atomic E-state index is 11.6. The third-order valence-corrected chi connectivity index (χ3v) is 2.53. The van der Waals surface area contributed by atoms with Crippen LogP contribution in [0.25, 0.3) is 0 Å². The maximum Gasteiger partial charge on any atom is 0.399 e. The Hall–Kier alpha value is -1.14. The van der Waals surface area contributed by atoms with Crippen LogP contribution in [0, 0.1) is 5.21 Å². The lowest BCUT2D eigenvalue weighted by Crippen LogP contribution is -2.52. The standard InChI is InChI=1S/C8H14N2O4/c1-7(2)5(6(11)12)9(13)8(3,4)10(7)14/h14H,1-4H3,(H,11,12). The van der Waals surface area contributed by atoms with Crippen LogP contribution in [0.1, 0.15) is 27.7 Å². The van der Waals surface area contributed by atoms with Crippen molar-refractivity contribution < 1.29 is 19.8 Å². The van der Waals surface area contributed by atoms with E-state index in [1.165, 1.54) is 27.7 Å². The highest BCUT2D eigenvalue weighted by Gasteiger charge is 2.59. The highest BCUT2D eigenvalue weighted by Crippen LogP contribution is 2.31. The molecular weight excluding hydrogens is 188 g/mol. The molecule has 0 amide bonds. The van der Waals surface area contributed by atoms with Crippen molar-refractivity contribution in [2.75, 3.05) is 0 Å². The summed E-state index contributed by atoms with van der Waals surface area (Å²) in [6, 6.07) is 0. The number of aliphatic carboxylic acids is 1. The van der Waals surface area contributed by atoms with E-state index in [9.17, 15) is 15.2 Å². The summed E-state index contributed by atoms with van der Waals surface area (Å²) < 4.78 is 0.329. The summed E-state index contributed by atoms with van der Waals surface area (Å²) in [4.78, 5) is 10.8. The predicted octanol–water partition coefficient (Wildman–Crippen LogP) is 0.242. The normalized spacial score (nSPS) is 25.5. The number of hydrogen-bond donors (Lipinski definition) is 2. The molecule has 0 saturated carbocycles. The lowest BCUT2D eigenvalue weighted by atomic mass is 9.99. The van der Waals surface area contributed by atoms with Gasteiger partial charge in [0.1, 0.15) is 5.54 Å². The molecule has 14 heavy (non-hydrogen) atoms. The number of carboxylic acid groups (broad SMARTS) is 1. The minimum Gasteiger partial charge on any atom is -0.622 e. The topological polar surface area (TPSA) is 86.8 Å². The van der Waals surface area contributed by atoms with Crippen LogP contribution < -0.4 is 0 Å². The van der Waals surface area contributed by atoms with Crippen molar-refractivity contribution >= 4 is 11.7 Å². The zero-order chi connectivity index (χ0) is 11.3. The summed E-state index contributed by atoms with van der Waals surface area (Å²) in [7, 11) is 0. The highest BCUT2D eigenvalue weighted by molar-refractivity contribution is 6.37. The Kier molecular flexibility index (Phi) is 2.09. The number of carboxylic acids is 1. The fourth-order valence-corrected chi connectivity index (χ4v) is 1.74. The SMILES string of the molecule is CC1(C)C(C(=O)O)=[N+]([O-])C(C)(C)N1O. The van der Waals surface area contributed by atoms with Gasteiger partial charge in [0.15, 0.2) is 0 Å². The van der Waals surface area contributed by atoms with Crippen molar-refractivity contribution in [1.29, 1.82) is 0 Å². The van der Waals surface area contributed by atoms with Gasteiger partial charge in [-0.1, -0.05) is 0 Å². The first-order valence-corrected chi connectivity index (χ1v) is 4.20. The van der Waals surface area contributed by atoms with E-state index in [1.54, 1.807) is 0 Å². The Morgan fingerprint density at radius 3 is 2.00 bits per heavy atom. The van der Waals surface area contributed by atoms with Crippen molar-refractivity contribution in [2.24, 2.45) is 0 Å². The summed E-state index contributed by atoms with van der Waals surface area (Å²) >= 11 is 0. The summed E-state index contributed by atoms with van der Waals surface area (Å²) in [6.07, 6.45) is 0. The van der Waals surface area contributed by atoms with Gasteiger partial charge in [-0.15, -0.1) is 5.06 Å². The lowest BCUT2D eigenvalue weighted by molar-refractivity contribution is -0.580. The molecular formula is C8H14N2O4. The van der Waals surface area contributed by atoms with E-state index in [2.05, 4.69) is 0 Å². The molecule has 1 aliphatic heterocycles. The molecule has 2 N–H and O–H groups in total.